The number of nitrogens with zero attached hydrogens (tertiary/aromatic N) is 2. The van der Waals surface area contributed by atoms with Crippen LogP contribution < -0.4 is 5.73 Å². The fourth-order valence-corrected chi connectivity index (χ4v) is 2.26. The highest BCUT2D eigenvalue weighted by Gasteiger charge is 2.14. The molecule has 2 aromatic rings. The van der Waals surface area contributed by atoms with E-state index in [1.54, 1.807) is 14.2 Å². The van der Waals surface area contributed by atoms with Crippen LogP contribution in [-0.2, 0) is 22.4 Å². The lowest BCUT2D eigenvalue weighted by atomic mass is 10.2. The predicted molar refractivity (Wildman–Crippen MR) is 76.2 cm³/mol. The van der Waals surface area contributed by atoms with E-state index in [1.807, 2.05) is 18.2 Å². The van der Waals surface area contributed by atoms with Crippen molar-refractivity contribution in [3.05, 3.63) is 24.0 Å². The Labute approximate surface area is 113 Å². The predicted octanol–water partition coefficient (Wildman–Crippen LogP) is 1.84. The van der Waals surface area contributed by atoms with Gasteiger partial charge in [0.2, 0.25) is 0 Å². The van der Waals surface area contributed by atoms with E-state index in [0.29, 0.717) is 6.61 Å². The Morgan fingerprint density at radius 3 is 2.79 bits per heavy atom. The van der Waals surface area contributed by atoms with Crippen molar-refractivity contribution in [3.8, 4) is 0 Å². The summed E-state index contributed by atoms with van der Waals surface area (Å²) in [6.45, 7) is 3.39. The largest absolute Gasteiger partial charge is 0.399 e. The SMILES string of the molecule is CCc1nc2cc(N)ccc2n1CC(COC)OC. The molecule has 2 N–H and O–H groups in total. The summed E-state index contributed by atoms with van der Waals surface area (Å²) < 4.78 is 12.8. The monoisotopic (exact) mass is 263 g/mol. The average molecular weight is 263 g/mol. The van der Waals surface area contributed by atoms with Crippen LogP contribution >= 0.6 is 0 Å². The number of aromatic nitrogens is 2. The van der Waals surface area contributed by atoms with Crippen molar-refractivity contribution in [2.24, 2.45) is 0 Å². The zero-order valence-corrected chi connectivity index (χ0v) is 11.7. The first-order valence-corrected chi connectivity index (χ1v) is 6.46. The number of hydrogen-bond acceptors (Lipinski definition) is 4. The standard InChI is InChI=1S/C14H21N3O2/c1-4-14-16-12-7-10(15)5-6-13(12)17(14)8-11(19-3)9-18-2/h5-7,11H,4,8-9,15H2,1-3H3. The Morgan fingerprint density at radius 1 is 1.37 bits per heavy atom. The molecule has 1 heterocycles. The van der Waals surface area contributed by atoms with Gasteiger partial charge in [0.15, 0.2) is 0 Å². The van der Waals surface area contributed by atoms with E-state index in [2.05, 4.69) is 16.5 Å². The van der Waals surface area contributed by atoms with Crippen LogP contribution in [0.15, 0.2) is 18.2 Å². The maximum absolute atomic E-state index is 5.81. The third-order valence-electron chi connectivity index (χ3n) is 3.24. The van der Waals surface area contributed by atoms with Crippen LogP contribution in [0.2, 0.25) is 0 Å². The van der Waals surface area contributed by atoms with Crippen molar-refractivity contribution >= 4 is 16.7 Å². The number of rotatable bonds is 6. The molecule has 5 heteroatoms. The van der Waals surface area contributed by atoms with Crippen LogP contribution in [0.5, 0.6) is 0 Å². The molecule has 19 heavy (non-hydrogen) atoms. The van der Waals surface area contributed by atoms with Gasteiger partial charge in [-0.05, 0) is 18.2 Å². The maximum atomic E-state index is 5.81. The van der Waals surface area contributed by atoms with Gasteiger partial charge in [-0.2, -0.15) is 0 Å². The van der Waals surface area contributed by atoms with E-state index < -0.39 is 0 Å². The first kappa shape index (κ1) is 13.8. The zero-order valence-electron chi connectivity index (χ0n) is 11.7. The van der Waals surface area contributed by atoms with Crippen LogP contribution in [0.3, 0.4) is 0 Å². The summed E-state index contributed by atoms with van der Waals surface area (Å²) in [6, 6.07) is 5.82. The highest BCUT2D eigenvalue weighted by atomic mass is 16.5. The van der Waals surface area contributed by atoms with Crippen LogP contribution in [0, 0.1) is 0 Å². The number of ether oxygens (including phenoxy) is 2. The van der Waals surface area contributed by atoms with Gasteiger partial charge in [0.1, 0.15) is 5.82 Å². The van der Waals surface area contributed by atoms with Crippen molar-refractivity contribution in [2.75, 3.05) is 26.6 Å². The molecule has 0 radical (unpaired) electrons. The summed E-state index contributed by atoms with van der Waals surface area (Å²) >= 11 is 0. The fraction of sp³-hybridized carbons (Fsp3) is 0.500. The molecule has 0 fully saturated rings. The van der Waals surface area contributed by atoms with Gasteiger partial charge >= 0.3 is 0 Å². The molecule has 1 aromatic heterocycles. The number of nitrogen functional groups attached to an aromatic ring is 1. The quantitative estimate of drug-likeness (QED) is 0.808. The van der Waals surface area contributed by atoms with E-state index in [-0.39, 0.29) is 6.10 Å². The molecule has 0 saturated carbocycles. The van der Waals surface area contributed by atoms with Gasteiger partial charge < -0.3 is 19.8 Å². The van der Waals surface area contributed by atoms with Crippen LogP contribution in [0.4, 0.5) is 5.69 Å². The van der Waals surface area contributed by atoms with Gasteiger partial charge in [0, 0.05) is 26.3 Å². The summed E-state index contributed by atoms with van der Waals surface area (Å²) in [4.78, 5) is 4.63. The Balaban J connectivity index is 2.39. The van der Waals surface area contributed by atoms with Crippen molar-refractivity contribution in [2.45, 2.75) is 26.0 Å². The molecule has 1 atom stereocenters. The normalized spacial score (nSPS) is 13.0. The molecule has 5 nitrogen and oxygen atoms in total. The second-order valence-corrected chi connectivity index (χ2v) is 4.55. The summed E-state index contributed by atoms with van der Waals surface area (Å²) in [6.07, 6.45) is 0.892. The molecule has 0 bridgehead atoms. The lowest BCUT2D eigenvalue weighted by Gasteiger charge is -2.17. The third kappa shape index (κ3) is 2.88. The zero-order chi connectivity index (χ0) is 13.8. The number of nitrogens with two attached hydrogens (primary N) is 1. The van der Waals surface area contributed by atoms with E-state index in [1.165, 1.54) is 0 Å². The smallest absolute Gasteiger partial charge is 0.109 e. The molecule has 0 aliphatic heterocycles. The van der Waals surface area contributed by atoms with E-state index in [0.717, 1.165) is 35.5 Å². The van der Waals surface area contributed by atoms with Gasteiger partial charge in [-0.1, -0.05) is 6.92 Å². The molecule has 0 amide bonds. The number of fused-ring (bicyclic) bond motifs is 1. The molecule has 0 saturated heterocycles. The summed E-state index contributed by atoms with van der Waals surface area (Å²) in [7, 11) is 3.38. The second kappa shape index (κ2) is 6.04. The molecular formula is C14H21N3O2. The number of methoxy groups -OCH3 is 2. The van der Waals surface area contributed by atoms with Crippen molar-refractivity contribution in [1.82, 2.24) is 9.55 Å². The third-order valence-corrected chi connectivity index (χ3v) is 3.24. The summed E-state index contributed by atoms with van der Waals surface area (Å²) in [5.41, 5.74) is 8.56. The molecule has 1 aromatic carbocycles. The number of aryl methyl sites for hydroxylation is 1. The maximum Gasteiger partial charge on any atom is 0.109 e. The molecule has 104 valence electrons. The van der Waals surface area contributed by atoms with Gasteiger partial charge in [-0.25, -0.2) is 4.98 Å². The minimum absolute atomic E-state index is 0.0188. The van der Waals surface area contributed by atoms with Gasteiger partial charge in [0.05, 0.1) is 30.3 Å². The van der Waals surface area contributed by atoms with E-state index in [9.17, 15) is 0 Å². The van der Waals surface area contributed by atoms with E-state index in [4.69, 9.17) is 15.2 Å². The molecule has 0 aliphatic carbocycles. The van der Waals surface area contributed by atoms with E-state index >= 15 is 0 Å². The first-order chi connectivity index (χ1) is 9.19. The molecule has 1 unspecified atom stereocenters. The van der Waals surface area contributed by atoms with Crippen LogP contribution in [0.1, 0.15) is 12.7 Å². The summed E-state index contributed by atoms with van der Waals surface area (Å²) in [5.74, 6) is 1.04. The van der Waals surface area contributed by atoms with Gasteiger partial charge in [-0.3, -0.25) is 0 Å². The fourth-order valence-electron chi connectivity index (χ4n) is 2.26. The highest BCUT2D eigenvalue weighted by molar-refractivity contribution is 5.79. The van der Waals surface area contributed by atoms with Gasteiger partial charge in [-0.15, -0.1) is 0 Å². The topological polar surface area (TPSA) is 62.3 Å². The minimum Gasteiger partial charge on any atom is -0.399 e. The molecular weight excluding hydrogens is 242 g/mol. The Bertz CT molecular complexity index is 551. The number of hydrogen-bond donors (Lipinski definition) is 1. The lowest BCUT2D eigenvalue weighted by Crippen LogP contribution is -2.24. The Kier molecular flexibility index (Phi) is 4.39. The second-order valence-electron chi connectivity index (χ2n) is 4.55. The first-order valence-electron chi connectivity index (χ1n) is 6.46. The summed E-state index contributed by atoms with van der Waals surface area (Å²) in [5, 5.41) is 0. The molecule has 0 aliphatic rings. The number of benzene rings is 1. The Morgan fingerprint density at radius 2 is 2.16 bits per heavy atom. The molecule has 2 rings (SSSR count). The van der Waals surface area contributed by atoms with Crippen molar-refractivity contribution in [1.29, 1.82) is 0 Å². The average Bonchev–Trinajstić information content (AvgIpc) is 2.75. The highest BCUT2D eigenvalue weighted by Crippen LogP contribution is 2.20. The van der Waals surface area contributed by atoms with Gasteiger partial charge in [0.25, 0.3) is 0 Å². The molecule has 0 spiro atoms. The Hall–Kier alpha value is -1.59. The number of anilines is 1. The lowest BCUT2D eigenvalue weighted by molar-refractivity contribution is 0.0186. The van der Waals surface area contributed by atoms with Crippen molar-refractivity contribution < 1.29 is 9.47 Å². The minimum atomic E-state index is 0.0188. The van der Waals surface area contributed by atoms with Crippen LogP contribution in [0.25, 0.3) is 11.0 Å². The number of imidazole rings is 1. The van der Waals surface area contributed by atoms with Crippen LogP contribution in [-0.4, -0.2) is 36.5 Å². The van der Waals surface area contributed by atoms with Crippen molar-refractivity contribution in [3.63, 3.8) is 0 Å².